The number of rotatable bonds is 4. The largest absolute Gasteiger partial charge is 0.478 e. The Morgan fingerprint density at radius 1 is 1.43 bits per heavy atom. The van der Waals surface area contributed by atoms with Gasteiger partial charge in [-0.25, -0.2) is 4.79 Å². The van der Waals surface area contributed by atoms with Crippen molar-refractivity contribution in [3.8, 4) is 0 Å². The third kappa shape index (κ3) is 2.38. The quantitative estimate of drug-likeness (QED) is 0.829. The van der Waals surface area contributed by atoms with Gasteiger partial charge in [0.1, 0.15) is 6.67 Å². The zero-order valence-electron chi connectivity index (χ0n) is 7.27. The Hall–Kier alpha value is -1.23. The van der Waals surface area contributed by atoms with Gasteiger partial charge in [-0.3, -0.25) is 8.60 Å². The Morgan fingerprint density at radius 2 is 2.07 bits per heavy atom. The third-order valence-electron chi connectivity index (χ3n) is 1.63. The molecule has 0 fully saturated rings. The van der Waals surface area contributed by atoms with Crippen molar-refractivity contribution in [3.05, 3.63) is 29.8 Å². The van der Waals surface area contributed by atoms with Crippen molar-refractivity contribution in [2.24, 2.45) is 0 Å². The molecule has 1 aromatic rings. The highest BCUT2D eigenvalue weighted by molar-refractivity contribution is 7.85. The van der Waals surface area contributed by atoms with Crippen molar-refractivity contribution < 1.29 is 18.5 Å². The van der Waals surface area contributed by atoms with Crippen LogP contribution in [0.3, 0.4) is 0 Å². The second-order valence-electron chi connectivity index (χ2n) is 2.54. The fourth-order valence-corrected chi connectivity index (χ4v) is 2.01. The van der Waals surface area contributed by atoms with Crippen LogP contribution in [0.5, 0.6) is 0 Å². The van der Waals surface area contributed by atoms with E-state index in [1.807, 2.05) is 0 Å². The van der Waals surface area contributed by atoms with Crippen LogP contribution < -0.4 is 0 Å². The first kappa shape index (κ1) is 10.8. The van der Waals surface area contributed by atoms with E-state index in [2.05, 4.69) is 0 Å². The number of benzene rings is 1. The molecule has 76 valence electrons. The molecule has 1 aromatic carbocycles. The van der Waals surface area contributed by atoms with Gasteiger partial charge in [0.25, 0.3) is 0 Å². The summed E-state index contributed by atoms with van der Waals surface area (Å²) in [6.45, 7) is -0.722. The molecular weight excluding hydrogens is 207 g/mol. The van der Waals surface area contributed by atoms with E-state index < -0.39 is 23.4 Å². The molecule has 0 saturated carbocycles. The smallest absolute Gasteiger partial charge is 0.336 e. The van der Waals surface area contributed by atoms with Crippen LogP contribution in [0.15, 0.2) is 29.2 Å². The number of carbonyl (C=O) groups is 1. The van der Waals surface area contributed by atoms with E-state index in [1.54, 1.807) is 12.1 Å². The number of carboxylic acids is 1. The van der Waals surface area contributed by atoms with E-state index in [9.17, 15) is 13.4 Å². The van der Waals surface area contributed by atoms with Crippen molar-refractivity contribution in [2.75, 3.05) is 12.4 Å². The van der Waals surface area contributed by atoms with Crippen molar-refractivity contribution in [1.29, 1.82) is 0 Å². The van der Waals surface area contributed by atoms with E-state index in [4.69, 9.17) is 5.11 Å². The summed E-state index contributed by atoms with van der Waals surface area (Å²) in [6, 6.07) is 5.92. The Kier molecular flexibility index (Phi) is 3.76. The maximum atomic E-state index is 11.9. The van der Waals surface area contributed by atoms with Crippen LogP contribution in [0.4, 0.5) is 4.39 Å². The van der Waals surface area contributed by atoms with Crippen molar-refractivity contribution in [2.45, 2.75) is 4.90 Å². The Morgan fingerprint density at radius 3 is 2.64 bits per heavy atom. The number of hydrogen-bond donors (Lipinski definition) is 1. The number of halogens is 1. The van der Waals surface area contributed by atoms with Crippen LogP contribution in [0.1, 0.15) is 10.4 Å². The molecule has 0 radical (unpaired) electrons. The minimum Gasteiger partial charge on any atom is -0.478 e. The van der Waals surface area contributed by atoms with Gasteiger partial charge >= 0.3 is 5.97 Å². The topological polar surface area (TPSA) is 54.4 Å². The van der Waals surface area contributed by atoms with E-state index in [0.29, 0.717) is 0 Å². The fourth-order valence-electron chi connectivity index (χ4n) is 1.02. The number of carboxylic acid groups (broad SMARTS) is 1. The predicted octanol–water partition coefficient (Wildman–Crippen LogP) is 1.46. The zero-order chi connectivity index (χ0) is 10.6. The van der Waals surface area contributed by atoms with Gasteiger partial charge in [0.15, 0.2) is 0 Å². The standard InChI is InChI=1S/C9H9FO3S/c10-5-6-14(13)8-4-2-1-3-7(8)9(11)12/h1-4H,5-6H2,(H,11,12). The van der Waals surface area contributed by atoms with Gasteiger partial charge in [-0.15, -0.1) is 0 Å². The highest BCUT2D eigenvalue weighted by Gasteiger charge is 2.13. The average Bonchev–Trinajstić information content (AvgIpc) is 2.18. The van der Waals surface area contributed by atoms with E-state index in [-0.39, 0.29) is 16.2 Å². The highest BCUT2D eigenvalue weighted by Crippen LogP contribution is 2.13. The minimum absolute atomic E-state index is 0.0284. The van der Waals surface area contributed by atoms with Gasteiger partial charge in [-0.1, -0.05) is 12.1 Å². The van der Waals surface area contributed by atoms with Crippen LogP contribution in [-0.4, -0.2) is 27.7 Å². The lowest BCUT2D eigenvalue weighted by Crippen LogP contribution is -2.07. The second kappa shape index (κ2) is 4.85. The number of alkyl halides is 1. The summed E-state index contributed by atoms with van der Waals surface area (Å²) in [6.07, 6.45) is 0. The van der Waals surface area contributed by atoms with E-state index in [1.165, 1.54) is 12.1 Å². The Balaban J connectivity index is 3.07. The molecule has 1 unspecified atom stereocenters. The van der Waals surface area contributed by atoms with Crippen LogP contribution in [-0.2, 0) is 10.8 Å². The van der Waals surface area contributed by atoms with Crippen molar-refractivity contribution in [3.63, 3.8) is 0 Å². The first-order valence-electron chi connectivity index (χ1n) is 3.93. The van der Waals surface area contributed by atoms with Gasteiger partial charge in [-0.05, 0) is 12.1 Å². The van der Waals surface area contributed by atoms with E-state index in [0.717, 1.165) is 0 Å². The van der Waals surface area contributed by atoms with Gasteiger partial charge in [0.05, 0.1) is 27.0 Å². The summed E-state index contributed by atoms with van der Waals surface area (Å²) < 4.78 is 23.3. The maximum Gasteiger partial charge on any atom is 0.336 e. The molecule has 0 aromatic heterocycles. The maximum absolute atomic E-state index is 11.9. The van der Waals surface area contributed by atoms with E-state index >= 15 is 0 Å². The molecule has 0 spiro atoms. The van der Waals surface area contributed by atoms with Crippen molar-refractivity contribution in [1.82, 2.24) is 0 Å². The molecule has 0 bridgehead atoms. The molecular formula is C9H9FO3S. The normalized spacial score (nSPS) is 12.4. The fraction of sp³-hybridized carbons (Fsp3) is 0.222. The Labute approximate surface area is 83.0 Å². The first-order valence-corrected chi connectivity index (χ1v) is 5.25. The molecule has 5 heteroatoms. The van der Waals surface area contributed by atoms with Crippen LogP contribution >= 0.6 is 0 Å². The molecule has 0 aliphatic carbocycles. The second-order valence-corrected chi connectivity index (χ2v) is 4.08. The SMILES string of the molecule is O=C(O)c1ccccc1S(=O)CCF. The van der Waals surface area contributed by atoms with Crippen LogP contribution in [0.2, 0.25) is 0 Å². The van der Waals surface area contributed by atoms with Gasteiger partial charge in [-0.2, -0.15) is 0 Å². The molecule has 0 saturated heterocycles. The molecule has 1 rings (SSSR count). The lowest BCUT2D eigenvalue weighted by atomic mass is 10.2. The first-order chi connectivity index (χ1) is 6.66. The summed E-state index contributed by atoms with van der Waals surface area (Å²) in [7, 11) is -1.57. The van der Waals surface area contributed by atoms with Crippen molar-refractivity contribution >= 4 is 16.8 Å². The molecule has 1 atom stereocenters. The average molecular weight is 216 g/mol. The van der Waals surface area contributed by atoms with Gasteiger partial charge < -0.3 is 5.11 Å². The molecule has 1 N–H and O–H groups in total. The predicted molar refractivity (Wildman–Crippen MR) is 50.7 cm³/mol. The number of hydrogen-bond acceptors (Lipinski definition) is 2. The summed E-state index contributed by atoms with van der Waals surface area (Å²) in [4.78, 5) is 10.9. The Bertz CT molecular complexity index is 365. The molecule has 0 amide bonds. The zero-order valence-corrected chi connectivity index (χ0v) is 8.09. The molecule has 0 heterocycles. The summed E-state index contributed by atoms with van der Waals surface area (Å²) >= 11 is 0. The van der Waals surface area contributed by atoms with Crippen LogP contribution in [0.25, 0.3) is 0 Å². The van der Waals surface area contributed by atoms with Gasteiger partial charge in [0.2, 0.25) is 0 Å². The minimum atomic E-state index is -1.57. The van der Waals surface area contributed by atoms with Crippen LogP contribution in [0, 0.1) is 0 Å². The lowest BCUT2D eigenvalue weighted by molar-refractivity contribution is 0.0693. The summed E-state index contributed by atoms with van der Waals surface area (Å²) in [5, 5.41) is 8.75. The molecule has 3 nitrogen and oxygen atoms in total. The molecule has 14 heavy (non-hydrogen) atoms. The molecule has 0 aliphatic heterocycles. The highest BCUT2D eigenvalue weighted by atomic mass is 32.2. The third-order valence-corrected chi connectivity index (χ3v) is 3.00. The monoisotopic (exact) mass is 216 g/mol. The molecule has 0 aliphatic rings. The number of aromatic carboxylic acids is 1. The van der Waals surface area contributed by atoms with Gasteiger partial charge in [0, 0.05) is 0 Å². The summed E-state index contributed by atoms with van der Waals surface area (Å²) in [5.41, 5.74) is -0.0284. The lowest BCUT2D eigenvalue weighted by Gasteiger charge is -2.03. The summed E-state index contributed by atoms with van der Waals surface area (Å²) in [5.74, 6) is -1.31.